The van der Waals surface area contributed by atoms with Crippen molar-refractivity contribution in [3.63, 3.8) is 0 Å². The van der Waals surface area contributed by atoms with Gasteiger partial charge in [-0.15, -0.1) is 0 Å². The van der Waals surface area contributed by atoms with Crippen molar-refractivity contribution < 1.29 is 18.7 Å². The summed E-state index contributed by atoms with van der Waals surface area (Å²) < 4.78 is 9.32. The Bertz CT molecular complexity index is 172. The molecule has 0 saturated heterocycles. The summed E-state index contributed by atoms with van der Waals surface area (Å²) in [6.07, 6.45) is 1.50. The van der Waals surface area contributed by atoms with Gasteiger partial charge in [-0.1, -0.05) is 0 Å². The van der Waals surface area contributed by atoms with Gasteiger partial charge in [0.15, 0.2) is 0 Å². The molecule has 0 fully saturated rings. The number of hydrogen-bond acceptors (Lipinski definition) is 4. The highest BCUT2D eigenvalue weighted by Crippen LogP contribution is 2.25. The van der Waals surface area contributed by atoms with Crippen molar-refractivity contribution in [2.45, 2.75) is 6.61 Å². The summed E-state index contributed by atoms with van der Waals surface area (Å²) in [6, 6.07) is 3.40. The van der Waals surface area contributed by atoms with E-state index in [0.29, 0.717) is 5.76 Å². The predicted molar refractivity (Wildman–Crippen MR) is 34.9 cm³/mol. The van der Waals surface area contributed by atoms with E-state index in [-0.39, 0.29) is 6.61 Å². The molecule has 1 heterocycles. The van der Waals surface area contributed by atoms with Crippen LogP contribution in [-0.2, 0) is 11.1 Å². The summed E-state index contributed by atoms with van der Waals surface area (Å²) in [5, 5.41) is 0. The van der Waals surface area contributed by atoms with E-state index in [9.17, 15) is 0 Å². The largest absolute Gasteiger partial charge is 0.467 e. The topological polar surface area (TPSA) is 62.8 Å². The van der Waals surface area contributed by atoms with Crippen LogP contribution in [0.25, 0.3) is 0 Å². The molecule has 0 radical (unpaired) electrons. The van der Waals surface area contributed by atoms with Gasteiger partial charge in [-0.25, -0.2) is 0 Å². The van der Waals surface area contributed by atoms with Crippen LogP contribution >= 0.6 is 8.60 Å². The Morgan fingerprint density at radius 2 is 2.40 bits per heavy atom. The van der Waals surface area contributed by atoms with Gasteiger partial charge in [-0.05, 0) is 12.1 Å². The van der Waals surface area contributed by atoms with Crippen LogP contribution in [0, 0.1) is 0 Å². The fourth-order valence-corrected chi connectivity index (χ4v) is 0.759. The van der Waals surface area contributed by atoms with Crippen LogP contribution in [0.15, 0.2) is 22.8 Å². The van der Waals surface area contributed by atoms with Crippen molar-refractivity contribution in [3.05, 3.63) is 24.2 Å². The van der Waals surface area contributed by atoms with E-state index in [4.69, 9.17) is 14.2 Å². The van der Waals surface area contributed by atoms with Crippen LogP contribution in [0.1, 0.15) is 5.76 Å². The van der Waals surface area contributed by atoms with E-state index in [1.807, 2.05) is 0 Å². The van der Waals surface area contributed by atoms with E-state index in [1.165, 1.54) is 6.26 Å². The monoisotopic (exact) mass is 162 g/mol. The lowest BCUT2D eigenvalue weighted by Gasteiger charge is -1.99. The Morgan fingerprint density at radius 3 is 2.90 bits per heavy atom. The van der Waals surface area contributed by atoms with Gasteiger partial charge < -0.3 is 18.7 Å². The van der Waals surface area contributed by atoms with Crippen molar-refractivity contribution in [3.8, 4) is 0 Å². The van der Waals surface area contributed by atoms with Gasteiger partial charge in [0.1, 0.15) is 12.4 Å². The average molecular weight is 162 g/mol. The Hall–Kier alpha value is -0.410. The van der Waals surface area contributed by atoms with Crippen LogP contribution in [0.5, 0.6) is 0 Å². The molecule has 0 atom stereocenters. The Kier molecular flexibility index (Phi) is 2.83. The minimum Gasteiger partial charge on any atom is -0.467 e. The lowest BCUT2D eigenvalue weighted by atomic mass is 10.5. The van der Waals surface area contributed by atoms with Crippen LogP contribution < -0.4 is 0 Å². The zero-order chi connectivity index (χ0) is 7.40. The second-order valence-corrected chi connectivity index (χ2v) is 2.37. The van der Waals surface area contributed by atoms with Gasteiger partial charge in [-0.3, -0.25) is 0 Å². The molecule has 1 rings (SSSR count). The maximum Gasteiger partial charge on any atom is 0.327 e. The smallest absolute Gasteiger partial charge is 0.327 e. The molecular formula is C5H7O4P. The minimum atomic E-state index is -2.27. The van der Waals surface area contributed by atoms with Crippen molar-refractivity contribution in [1.29, 1.82) is 0 Å². The third-order valence-electron chi connectivity index (χ3n) is 0.902. The SMILES string of the molecule is OP(O)OCc1ccco1. The van der Waals surface area contributed by atoms with Gasteiger partial charge in [0.25, 0.3) is 0 Å². The molecule has 4 nitrogen and oxygen atoms in total. The van der Waals surface area contributed by atoms with Crippen LogP contribution in [0.2, 0.25) is 0 Å². The first-order valence-corrected chi connectivity index (χ1v) is 3.79. The van der Waals surface area contributed by atoms with Gasteiger partial charge in [-0.2, -0.15) is 0 Å². The molecule has 2 N–H and O–H groups in total. The fraction of sp³-hybridized carbons (Fsp3) is 0.200. The number of furan rings is 1. The summed E-state index contributed by atoms with van der Waals surface area (Å²) in [7, 11) is -2.27. The summed E-state index contributed by atoms with van der Waals surface area (Å²) in [5.74, 6) is 0.579. The number of hydrogen-bond donors (Lipinski definition) is 2. The first kappa shape index (κ1) is 7.69. The zero-order valence-corrected chi connectivity index (χ0v) is 5.99. The molecule has 0 aliphatic rings. The lowest BCUT2D eigenvalue weighted by molar-refractivity contribution is 0.225. The minimum absolute atomic E-state index is 0.103. The first-order chi connectivity index (χ1) is 4.79. The third-order valence-corrected chi connectivity index (χ3v) is 1.26. The summed E-state index contributed by atoms with van der Waals surface area (Å²) in [6.45, 7) is 0.103. The van der Waals surface area contributed by atoms with Crippen LogP contribution in [-0.4, -0.2) is 9.79 Å². The standard InChI is InChI=1S/C5H7O4P/c6-10(7)9-4-5-2-1-3-8-5/h1-3,6-7H,4H2. The van der Waals surface area contributed by atoms with Gasteiger partial charge in [0, 0.05) is 0 Å². The summed E-state index contributed by atoms with van der Waals surface area (Å²) in [5.41, 5.74) is 0. The van der Waals surface area contributed by atoms with E-state index in [0.717, 1.165) is 0 Å². The molecule has 0 aliphatic heterocycles. The van der Waals surface area contributed by atoms with Crippen molar-refractivity contribution in [2.24, 2.45) is 0 Å². The molecule has 0 spiro atoms. The molecule has 0 unspecified atom stereocenters. The molecule has 0 bridgehead atoms. The number of rotatable bonds is 3. The van der Waals surface area contributed by atoms with Gasteiger partial charge >= 0.3 is 8.60 Å². The van der Waals surface area contributed by atoms with Crippen molar-refractivity contribution in [2.75, 3.05) is 0 Å². The normalized spacial score (nSPS) is 10.7. The molecule has 10 heavy (non-hydrogen) atoms. The van der Waals surface area contributed by atoms with E-state index >= 15 is 0 Å². The molecule has 0 amide bonds. The van der Waals surface area contributed by atoms with E-state index < -0.39 is 8.60 Å². The maximum absolute atomic E-state index is 8.31. The molecule has 1 aromatic rings. The second kappa shape index (κ2) is 3.68. The molecule has 1 aromatic heterocycles. The highest BCUT2D eigenvalue weighted by atomic mass is 31.2. The van der Waals surface area contributed by atoms with E-state index in [2.05, 4.69) is 4.52 Å². The molecule has 0 aromatic carbocycles. The Morgan fingerprint density at radius 1 is 1.60 bits per heavy atom. The molecule has 0 saturated carbocycles. The van der Waals surface area contributed by atoms with Gasteiger partial charge in [0.2, 0.25) is 0 Å². The Balaban J connectivity index is 2.28. The fourth-order valence-electron chi connectivity index (χ4n) is 0.516. The Labute approximate surface area is 59.1 Å². The van der Waals surface area contributed by atoms with Gasteiger partial charge in [0.05, 0.1) is 6.26 Å². The summed E-state index contributed by atoms with van der Waals surface area (Å²) in [4.78, 5) is 16.6. The van der Waals surface area contributed by atoms with Crippen molar-refractivity contribution >= 4 is 8.60 Å². The highest BCUT2D eigenvalue weighted by molar-refractivity contribution is 7.39. The average Bonchev–Trinajstić information content (AvgIpc) is 2.34. The first-order valence-electron chi connectivity index (χ1n) is 2.62. The molecular weight excluding hydrogens is 155 g/mol. The maximum atomic E-state index is 8.31. The molecule has 5 heteroatoms. The lowest BCUT2D eigenvalue weighted by Crippen LogP contribution is -1.83. The van der Waals surface area contributed by atoms with Crippen molar-refractivity contribution in [1.82, 2.24) is 0 Å². The quantitative estimate of drug-likeness (QED) is 0.651. The zero-order valence-electron chi connectivity index (χ0n) is 5.10. The summed E-state index contributed by atoms with van der Waals surface area (Å²) >= 11 is 0. The highest BCUT2D eigenvalue weighted by Gasteiger charge is 2.00. The van der Waals surface area contributed by atoms with E-state index in [1.54, 1.807) is 12.1 Å². The molecule has 0 aliphatic carbocycles. The molecule has 56 valence electrons. The predicted octanol–water partition coefficient (Wildman–Crippen LogP) is 1.01. The third kappa shape index (κ3) is 2.45. The van der Waals surface area contributed by atoms with Crippen LogP contribution in [0.4, 0.5) is 0 Å². The second-order valence-electron chi connectivity index (χ2n) is 1.61. The van der Waals surface area contributed by atoms with Crippen LogP contribution in [0.3, 0.4) is 0 Å².